The molecule has 0 saturated carbocycles. The number of aryl methyl sites for hydroxylation is 5. The predicted molar refractivity (Wildman–Crippen MR) is 426 cm³/mol. The summed E-state index contributed by atoms with van der Waals surface area (Å²) in [5, 5.41) is 19.2. The molecule has 0 aliphatic heterocycles. The first-order valence-electron chi connectivity index (χ1n) is 35.9. The Morgan fingerprint density at radius 1 is 0.368 bits per heavy atom. The number of nitrogens with one attached hydrogen (secondary N) is 4. The van der Waals surface area contributed by atoms with E-state index in [-0.39, 0.29) is 51.7 Å². The number of carbonyl (C=O) groups excluding carboxylic acids is 4. The first-order valence-corrected chi connectivity index (χ1v) is 36.3. The van der Waals surface area contributed by atoms with E-state index in [0.29, 0.717) is 88.9 Å². The Hall–Kier alpha value is -14.1. The lowest BCUT2D eigenvalue weighted by molar-refractivity contribution is -0.119. The molecule has 0 atom stereocenters. The van der Waals surface area contributed by atoms with E-state index in [1.165, 1.54) is 63.2 Å². The van der Waals surface area contributed by atoms with Crippen LogP contribution >= 0.6 is 11.6 Å². The molecule has 0 saturated heterocycles. The number of hydrogen-bond donors (Lipinski definition) is 4. The summed E-state index contributed by atoms with van der Waals surface area (Å²) in [4.78, 5) is 82.2. The molecule has 22 nitrogen and oxygen atoms in total. The Kier molecular flexibility index (Phi) is 23.9. The Balaban J connectivity index is 0.000000134. The van der Waals surface area contributed by atoms with E-state index in [4.69, 9.17) is 11.6 Å². The van der Waals surface area contributed by atoms with Gasteiger partial charge in [0, 0.05) is 162 Å². The molecule has 0 aliphatic carbocycles. The summed E-state index contributed by atoms with van der Waals surface area (Å²) < 4.78 is 75.9. The van der Waals surface area contributed by atoms with E-state index in [2.05, 4.69) is 71.3 Å². The molecule has 572 valence electrons. The van der Waals surface area contributed by atoms with Crippen LogP contribution in [-0.2, 0) is 9.59 Å². The number of hydrogen-bond acceptors (Lipinski definition) is 14. The van der Waals surface area contributed by atoms with E-state index in [1.54, 1.807) is 99.8 Å². The molecule has 12 aromatic heterocycles. The zero-order valence-corrected chi connectivity index (χ0v) is 63.3. The number of fused-ring (bicyclic) bond motifs is 4. The number of benzene rings is 4. The van der Waals surface area contributed by atoms with Gasteiger partial charge in [0.25, 0.3) is 11.8 Å². The molecule has 28 heteroatoms. The highest BCUT2D eigenvalue weighted by Gasteiger charge is 2.22. The first-order chi connectivity index (χ1) is 55.1. The molecule has 16 rings (SSSR count). The summed E-state index contributed by atoms with van der Waals surface area (Å²) in [6.45, 7) is 13.6. The molecule has 4 aromatic carbocycles. The highest BCUT2D eigenvalue weighted by Crippen LogP contribution is 2.38. The molecule has 0 radical (unpaired) electrons. The van der Waals surface area contributed by atoms with Gasteiger partial charge in [0.2, 0.25) is 11.8 Å². The largest absolute Gasteiger partial charge is 0.356 e. The lowest BCUT2D eigenvalue weighted by atomic mass is 9.97. The Morgan fingerprint density at radius 2 is 0.807 bits per heavy atom. The molecule has 0 fully saturated rings. The molecular formula is C86H72ClF5N18O4. The molecule has 16 aromatic rings. The average molecular weight is 1550 g/mol. The Bertz CT molecular complexity index is 6320. The maximum absolute atomic E-state index is 14.3. The lowest BCUT2D eigenvalue weighted by Gasteiger charge is -2.13. The zero-order chi connectivity index (χ0) is 80.3. The van der Waals surface area contributed by atoms with Gasteiger partial charge in [-0.05, 0) is 191 Å². The minimum atomic E-state index is -0.805. The van der Waals surface area contributed by atoms with Crippen molar-refractivity contribution < 1.29 is 41.1 Å². The van der Waals surface area contributed by atoms with Crippen LogP contribution in [0.5, 0.6) is 0 Å². The standard InChI is InChI=1S/C25H24FN5O2.C24H22FN5O2.C19H15FN4.C18H11ClF2N4/c1-16-13-18(6-8-21(16)26)24-20(5-3-10-28-24)19-7-9-23-30-14-22(31(23)15-19)25(33)29-12-4-11-27-17(2)32;1-15-12-17(5-7-20(15)25)23-19(4-3-9-27-23)18-6-8-22-29-13-21(30(22)14-18)24(32)28-11-10-26-16(2)31;1-12-9-18-22-11-23-24(18)10-16(12)15-4-3-7-21-19(15)14-5-6-17(20)13(2)8-14;1-10-11(4-5-17-23-9-24-25(10)17)12-3-2-6-22-18(12)13-7-14(19)16(21)8-15(13)20/h3,5-10,13-15H,4,11-12H2,1-2H3,(H,27,32)(H,29,33);3-9,12-14H,10-11H2,1-2H3,(H,26,31)(H,28,32);3-11H,1-2H3;2-9H,1H3. The Morgan fingerprint density at radius 3 is 1.33 bits per heavy atom. The Labute approximate surface area is 654 Å². The highest BCUT2D eigenvalue weighted by atomic mass is 35.5. The summed E-state index contributed by atoms with van der Waals surface area (Å²) in [6.07, 6.45) is 19.0. The summed E-state index contributed by atoms with van der Waals surface area (Å²) in [5.74, 6) is -3.05. The third kappa shape index (κ3) is 17.6. The smallest absolute Gasteiger partial charge is 0.269 e. The van der Waals surface area contributed by atoms with Crippen molar-refractivity contribution in [2.24, 2.45) is 0 Å². The van der Waals surface area contributed by atoms with Gasteiger partial charge in [-0.25, -0.2) is 50.9 Å². The molecule has 4 N–H and O–H groups in total. The molecule has 0 bridgehead atoms. The molecule has 0 unspecified atom stereocenters. The number of carbonyl (C=O) groups is 4. The highest BCUT2D eigenvalue weighted by molar-refractivity contribution is 6.31. The minimum Gasteiger partial charge on any atom is -0.356 e. The van der Waals surface area contributed by atoms with Crippen LogP contribution < -0.4 is 21.3 Å². The first kappa shape index (κ1) is 78.1. The van der Waals surface area contributed by atoms with Gasteiger partial charge < -0.3 is 21.3 Å². The van der Waals surface area contributed by atoms with Gasteiger partial charge in [-0.15, -0.1) is 0 Å². The number of nitrogens with zero attached hydrogens (tertiary/aromatic N) is 14. The topological polar surface area (TPSA) is 263 Å². The molecule has 0 spiro atoms. The van der Waals surface area contributed by atoms with Crippen LogP contribution in [-0.4, -0.2) is 118 Å². The zero-order valence-electron chi connectivity index (χ0n) is 62.6. The van der Waals surface area contributed by atoms with Crippen molar-refractivity contribution in [3.05, 3.63) is 300 Å². The monoisotopic (exact) mass is 1550 g/mol. The molecule has 0 aliphatic rings. The van der Waals surface area contributed by atoms with E-state index in [9.17, 15) is 41.1 Å². The van der Waals surface area contributed by atoms with Gasteiger partial charge in [-0.1, -0.05) is 35.9 Å². The second-order valence-corrected chi connectivity index (χ2v) is 26.8. The van der Waals surface area contributed by atoms with Crippen LogP contribution in [0.1, 0.15) is 69.2 Å². The van der Waals surface area contributed by atoms with Crippen LogP contribution in [0.15, 0.2) is 226 Å². The molecule has 114 heavy (non-hydrogen) atoms. The second kappa shape index (κ2) is 34.9. The van der Waals surface area contributed by atoms with Gasteiger partial charge in [0.1, 0.15) is 64.4 Å². The van der Waals surface area contributed by atoms with Crippen molar-refractivity contribution >= 4 is 57.8 Å². The lowest BCUT2D eigenvalue weighted by Crippen LogP contribution is -2.34. The molecule has 4 amide bonds. The quantitative estimate of drug-likeness (QED) is 0.0375. The van der Waals surface area contributed by atoms with Gasteiger partial charge in [-0.2, -0.15) is 10.2 Å². The summed E-state index contributed by atoms with van der Waals surface area (Å²) >= 11 is 5.84. The van der Waals surface area contributed by atoms with Crippen LogP contribution in [0.4, 0.5) is 22.0 Å². The van der Waals surface area contributed by atoms with Gasteiger partial charge in [-0.3, -0.25) is 47.9 Å². The second-order valence-electron chi connectivity index (χ2n) is 26.4. The maximum atomic E-state index is 14.3. The van der Waals surface area contributed by atoms with Gasteiger partial charge in [0.05, 0.1) is 40.2 Å². The molecular weight excluding hydrogens is 1480 g/mol. The number of pyridine rings is 8. The van der Waals surface area contributed by atoms with Crippen LogP contribution in [0.25, 0.3) is 112 Å². The van der Waals surface area contributed by atoms with E-state index in [1.807, 2.05) is 123 Å². The molecule has 12 heterocycles. The van der Waals surface area contributed by atoms with Crippen LogP contribution in [0.3, 0.4) is 0 Å². The number of halogens is 6. The van der Waals surface area contributed by atoms with E-state index in [0.717, 1.165) is 95.7 Å². The fourth-order valence-corrected chi connectivity index (χ4v) is 13.0. The van der Waals surface area contributed by atoms with Crippen molar-refractivity contribution in [3.8, 4) is 89.5 Å². The summed E-state index contributed by atoms with van der Waals surface area (Å²) in [5.41, 5.74) is 19.4. The fourth-order valence-electron chi connectivity index (χ4n) is 12.8. The SMILES string of the molecule is CC(=O)NCCCNC(=O)c1cnc2ccc(-c3cccnc3-c3ccc(F)c(C)c3)cn12.CC(=O)NCCNC(=O)c1cnc2ccc(-c3cccnc3-c3ccc(F)c(C)c3)cn12.Cc1c(-c2cccnc2-c2cc(Cl)c(F)cc2F)ccc2ncnn12.Cc1cc(-c2ncccc2-c2cn3ncnc3cc2C)ccc1F. The van der Waals surface area contributed by atoms with E-state index < -0.39 is 11.6 Å². The predicted octanol–water partition coefficient (Wildman–Crippen LogP) is 16.1. The third-order valence-electron chi connectivity index (χ3n) is 18.6. The maximum Gasteiger partial charge on any atom is 0.269 e. The number of aromatic nitrogens is 14. The summed E-state index contributed by atoms with van der Waals surface area (Å²) in [7, 11) is 0. The van der Waals surface area contributed by atoms with Gasteiger partial charge >= 0.3 is 0 Å². The third-order valence-corrected chi connectivity index (χ3v) is 18.9. The van der Waals surface area contributed by atoms with Gasteiger partial charge in [0.15, 0.2) is 11.3 Å². The summed E-state index contributed by atoms with van der Waals surface area (Å²) in [6, 6.07) is 45.2. The average Bonchev–Trinajstić information content (AvgIpc) is 1.70. The van der Waals surface area contributed by atoms with Crippen LogP contribution in [0, 0.1) is 63.7 Å². The van der Waals surface area contributed by atoms with Crippen molar-refractivity contribution in [2.45, 2.75) is 54.9 Å². The number of imidazole rings is 2. The number of amides is 4. The van der Waals surface area contributed by atoms with Crippen molar-refractivity contribution in [2.75, 3.05) is 26.2 Å². The van der Waals surface area contributed by atoms with E-state index >= 15 is 0 Å². The normalized spacial score (nSPS) is 11.0. The number of rotatable bonds is 17. The van der Waals surface area contributed by atoms with Crippen molar-refractivity contribution in [1.29, 1.82) is 0 Å². The van der Waals surface area contributed by atoms with Crippen molar-refractivity contribution in [1.82, 2.24) is 89.2 Å². The fraction of sp³-hybridized carbons (Fsp3) is 0.140. The van der Waals surface area contributed by atoms with Crippen molar-refractivity contribution in [3.63, 3.8) is 0 Å². The minimum absolute atomic E-state index is 0.0961. The van der Waals surface area contributed by atoms with Crippen LogP contribution in [0.2, 0.25) is 5.02 Å².